The largest absolute Gasteiger partial charge is 0.361 e. The van der Waals surface area contributed by atoms with Crippen LogP contribution >= 0.6 is 23.6 Å². The topological polar surface area (TPSA) is 82.3 Å². The molecule has 8 heteroatoms. The molecule has 0 aliphatic carbocycles. The van der Waals surface area contributed by atoms with E-state index in [1.807, 2.05) is 11.4 Å². The molecule has 6 nitrogen and oxygen atoms in total. The molecule has 25 heavy (non-hydrogen) atoms. The number of carbonyl (C=O) groups excluding carboxylic acids is 2. The first-order valence-electron chi connectivity index (χ1n) is 7.74. The molecule has 0 aliphatic heterocycles. The zero-order valence-corrected chi connectivity index (χ0v) is 15.4. The number of carbonyl (C=O) groups is 2. The van der Waals surface area contributed by atoms with E-state index >= 15 is 0 Å². The predicted molar refractivity (Wildman–Crippen MR) is 104 cm³/mol. The van der Waals surface area contributed by atoms with Crippen LogP contribution in [-0.4, -0.2) is 23.5 Å². The molecule has 4 N–H and O–H groups in total. The monoisotopic (exact) mass is 376 g/mol. The van der Waals surface area contributed by atoms with Gasteiger partial charge in [-0.3, -0.25) is 20.4 Å². The van der Waals surface area contributed by atoms with Gasteiger partial charge in [0, 0.05) is 24.0 Å². The van der Waals surface area contributed by atoms with Gasteiger partial charge < -0.3 is 10.6 Å². The van der Waals surface area contributed by atoms with Crippen LogP contribution in [0.1, 0.15) is 17.4 Å². The fraction of sp³-hybridized carbons (Fsp3) is 0.235. The molecule has 132 valence electrons. The Morgan fingerprint density at radius 1 is 1.12 bits per heavy atom. The van der Waals surface area contributed by atoms with Crippen molar-refractivity contribution in [1.29, 1.82) is 0 Å². The van der Waals surface area contributed by atoms with Gasteiger partial charge in [-0.15, -0.1) is 11.3 Å². The molecule has 0 aliphatic rings. The van der Waals surface area contributed by atoms with Crippen molar-refractivity contribution >= 4 is 46.2 Å². The van der Waals surface area contributed by atoms with E-state index in [2.05, 4.69) is 27.6 Å². The minimum Gasteiger partial charge on any atom is -0.361 e. The number of hydrogen-bond acceptors (Lipinski definition) is 4. The number of benzene rings is 1. The van der Waals surface area contributed by atoms with Gasteiger partial charge in [0.1, 0.15) is 0 Å². The number of hydrazine groups is 1. The van der Waals surface area contributed by atoms with Gasteiger partial charge in [-0.1, -0.05) is 18.2 Å². The lowest BCUT2D eigenvalue weighted by atomic mass is 10.1. The average molecular weight is 377 g/mol. The van der Waals surface area contributed by atoms with Crippen molar-refractivity contribution in [3.63, 3.8) is 0 Å². The van der Waals surface area contributed by atoms with Crippen LogP contribution in [0.25, 0.3) is 0 Å². The van der Waals surface area contributed by atoms with E-state index in [1.165, 1.54) is 11.8 Å². The molecule has 2 rings (SSSR count). The summed E-state index contributed by atoms with van der Waals surface area (Å²) in [6.07, 6.45) is 1.10. The fourth-order valence-electron chi connectivity index (χ4n) is 2.06. The average Bonchev–Trinajstić information content (AvgIpc) is 3.08. The van der Waals surface area contributed by atoms with E-state index in [1.54, 1.807) is 35.6 Å². The number of rotatable bonds is 6. The summed E-state index contributed by atoms with van der Waals surface area (Å²) in [6.45, 7) is 2.15. The molecule has 0 bridgehead atoms. The standard InChI is InChI=1S/C17H20N4O2S2/c1-12(22)19-14-6-4-13(5-7-14)11-16(23)20-21-17(24)18-9-8-15-3-2-10-25-15/h2-7,10H,8-9,11H2,1H3,(H,19,22)(H,20,23)(H2,18,21,24). The predicted octanol–water partition coefficient (Wildman–Crippen LogP) is 1.99. The lowest BCUT2D eigenvalue weighted by Crippen LogP contribution is -2.47. The molecule has 0 saturated heterocycles. The van der Waals surface area contributed by atoms with Crippen molar-refractivity contribution in [1.82, 2.24) is 16.2 Å². The Morgan fingerprint density at radius 3 is 2.52 bits per heavy atom. The number of anilines is 1. The van der Waals surface area contributed by atoms with Crippen LogP contribution in [0, 0.1) is 0 Å². The highest BCUT2D eigenvalue weighted by Crippen LogP contribution is 2.10. The summed E-state index contributed by atoms with van der Waals surface area (Å²) in [5, 5.41) is 8.13. The van der Waals surface area contributed by atoms with Crippen molar-refractivity contribution < 1.29 is 9.59 Å². The number of nitrogens with one attached hydrogen (secondary N) is 4. The molecule has 0 saturated carbocycles. The number of thiocarbonyl (C=S) groups is 1. The summed E-state index contributed by atoms with van der Waals surface area (Å²) in [7, 11) is 0. The van der Waals surface area contributed by atoms with Crippen molar-refractivity contribution in [2.45, 2.75) is 19.8 Å². The summed E-state index contributed by atoms with van der Waals surface area (Å²) in [4.78, 5) is 24.2. The third-order valence-corrected chi connectivity index (χ3v) is 4.37. The first-order valence-corrected chi connectivity index (χ1v) is 9.03. The SMILES string of the molecule is CC(=O)Nc1ccc(CC(=O)NNC(=S)NCCc2cccs2)cc1. The molecular weight excluding hydrogens is 356 g/mol. The van der Waals surface area contributed by atoms with Crippen LogP contribution in [0.4, 0.5) is 5.69 Å². The molecule has 0 radical (unpaired) electrons. The van der Waals surface area contributed by atoms with E-state index < -0.39 is 0 Å². The Balaban J connectivity index is 1.65. The summed E-state index contributed by atoms with van der Waals surface area (Å²) < 4.78 is 0. The Kier molecular flexibility index (Phi) is 7.36. The second-order valence-electron chi connectivity index (χ2n) is 5.31. The van der Waals surface area contributed by atoms with Crippen LogP contribution in [0.15, 0.2) is 41.8 Å². The van der Waals surface area contributed by atoms with Crippen molar-refractivity contribution in [3.05, 3.63) is 52.2 Å². The second-order valence-corrected chi connectivity index (χ2v) is 6.75. The zero-order chi connectivity index (χ0) is 18.1. The van der Waals surface area contributed by atoms with E-state index in [9.17, 15) is 9.59 Å². The summed E-state index contributed by atoms with van der Waals surface area (Å²) in [5.74, 6) is -0.329. The second kappa shape index (κ2) is 9.75. The Morgan fingerprint density at radius 2 is 1.88 bits per heavy atom. The van der Waals surface area contributed by atoms with E-state index in [0.29, 0.717) is 17.3 Å². The van der Waals surface area contributed by atoms with Gasteiger partial charge in [0.25, 0.3) is 0 Å². The third kappa shape index (κ3) is 7.32. The normalized spacial score (nSPS) is 9.96. The Labute approximate surface area is 156 Å². The lowest BCUT2D eigenvalue weighted by Gasteiger charge is -2.11. The van der Waals surface area contributed by atoms with Crippen LogP contribution in [-0.2, 0) is 22.4 Å². The Bertz CT molecular complexity index is 715. The van der Waals surface area contributed by atoms with Gasteiger partial charge in [-0.2, -0.15) is 0 Å². The summed E-state index contributed by atoms with van der Waals surface area (Å²) in [6, 6.07) is 11.2. The van der Waals surface area contributed by atoms with E-state index in [-0.39, 0.29) is 18.2 Å². The molecule has 0 unspecified atom stereocenters. The minimum atomic E-state index is -0.199. The summed E-state index contributed by atoms with van der Waals surface area (Å²) in [5.41, 5.74) is 6.79. The molecule has 1 heterocycles. The third-order valence-electron chi connectivity index (χ3n) is 3.19. The molecule has 1 aromatic heterocycles. The molecule has 2 amide bonds. The van der Waals surface area contributed by atoms with Gasteiger partial charge >= 0.3 is 0 Å². The molecule has 2 aromatic rings. The van der Waals surface area contributed by atoms with Gasteiger partial charge in [0.2, 0.25) is 11.8 Å². The Hall–Kier alpha value is -2.45. The maximum absolute atomic E-state index is 11.9. The van der Waals surface area contributed by atoms with Gasteiger partial charge in [0.05, 0.1) is 6.42 Å². The molecule has 1 aromatic carbocycles. The molecule has 0 fully saturated rings. The summed E-state index contributed by atoms with van der Waals surface area (Å²) >= 11 is 6.82. The van der Waals surface area contributed by atoms with Gasteiger partial charge in [-0.25, -0.2) is 0 Å². The first-order chi connectivity index (χ1) is 12.0. The van der Waals surface area contributed by atoms with Crippen LogP contribution in [0.3, 0.4) is 0 Å². The highest BCUT2D eigenvalue weighted by Gasteiger charge is 2.04. The lowest BCUT2D eigenvalue weighted by molar-refractivity contribution is -0.121. The van der Waals surface area contributed by atoms with Crippen molar-refractivity contribution in [2.75, 3.05) is 11.9 Å². The van der Waals surface area contributed by atoms with Crippen molar-refractivity contribution in [3.8, 4) is 0 Å². The smallest absolute Gasteiger partial charge is 0.242 e. The van der Waals surface area contributed by atoms with E-state index in [4.69, 9.17) is 12.2 Å². The van der Waals surface area contributed by atoms with Gasteiger partial charge in [-0.05, 0) is 47.8 Å². The number of thiophene rings is 1. The highest BCUT2D eigenvalue weighted by molar-refractivity contribution is 7.80. The minimum absolute atomic E-state index is 0.130. The van der Waals surface area contributed by atoms with Gasteiger partial charge in [0.15, 0.2) is 5.11 Å². The van der Waals surface area contributed by atoms with Crippen molar-refractivity contribution in [2.24, 2.45) is 0 Å². The maximum Gasteiger partial charge on any atom is 0.242 e. The quantitative estimate of drug-likeness (QED) is 0.458. The number of amides is 2. The van der Waals surface area contributed by atoms with Crippen LogP contribution in [0.5, 0.6) is 0 Å². The molecular formula is C17H20N4O2S2. The highest BCUT2D eigenvalue weighted by atomic mass is 32.1. The fourth-order valence-corrected chi connectivity index (χ4v) is 2.93. The first kappa shape index (κ1) is 18.9. The van der Waals surface area contributed by atoms with E-state index in [0.717, 1.165) is 12.0 Å². The molecule has 0 atom stereocenters. The number of hydrogen-bond donors (Lipinski definition) is 4. The van der Waals surface area contributed by atoms with Crippen LogP contribution in [0.2, 0.25) is 0 Å². The van der Waals surface area contributed by atoms with Crippen LogP contribution < -0.4 is 21.5 Å². The molecule has 0 spiro atoms. The zero-order valence-electron chi connectivity index (χ0n) is 13.8. The maximum atomic E-state index is 11.9.